The third kappa shape index (κ3) is 2.92. The first-order valence-corrected chi connectivity index (χ1v) is 6.26. The molecule has 2 aromatic rings. The standard InChI is InChI=1S/C13H13Cl2N3/c1-9-12(15)16-8-17-13(9)18(2)7-10-3-5-11(14)6-4-10/h3-6,8H,7H2,1-2H3. The third-order valence-electron chi connectivity index (χ3n) is 2.69. The minimum Gasteiger partial charge on any atom is -0.355 e. The molecule has 0 saturated carbocycles. The Kier molecular flexibility index (Phi) is 4.04. The molecule has 0 radical (unpaired) electrons. The molecule has 0 atom stereocenters. The van der Waals surface area contributed by atoms with Crippen molar-refractivity contribution in [2.75, 3.05) is 11.9 Å². The maximum Gasteiger partial charge on any atom is 0.137 e. The summed E-state index contributed by atoms with van der Waals surface area (Å²) < 4.78 is 0. The lowest BCUT2D eigenvalue weighted by molar-refractivity contribution is 0.882. The van der Waals surface area contributed by atoms with E-state index in [1.54, 1.807) is 0 Å². The zero-order valence-corrected chi connectivity index (χ0v) is 11.7. The van der Waals surface area contributed by atoms with Gasteiger partial charge in [-0.05, 0) is 24.6 Å². The van der Waals surface area contributed by atoms with Crippen molar-refractivity contribution in [2.45, 2.75) is 13.5 Å². The quantitative estimate of drug-likeness (QED) is 0.803. The lowest BCUT2D eigenvalue weighted by Gasteiger charge is -2.20. The minimum atomic E-state index is 0.489. The second-order valence-corrected chi connectivity index (χ2v) is 4.89. The minimum absolute atomic E-state index is 0.489. The fourth-order valence-corrected chi connectivity index (χ4v) is 2.00. The Morgan fingerprint density at radius 1 is 1.11 bits per heavy atom. The molecule has 3 nitrogen and oxygen atoms in total. The normalized spacial score (nSPS) is 10.4. The molecule has 0 aliphatic heterocycles. The highest BCUT2D eigenvalue weighted by atomic mass is 35.5. The molecule has 18 heavy (non-hydrogen) atoms. The molecule has 0 saturated heterocycles. The maximum absolute atomic E-state index is 5.99. The van der Waals surface area contributed by atoms with Gasteiger partial charge in [0.25, 0.3) is 0 Å². The van der Waals surface area contributed by atoms with Crippen LogP contribution >= 0.6 is 23.2 Å². The van der Waals surface area contributed by atoms with Gasteiger partial charge in [-0.3, -0.25) is 0 Å². The van der Waals surface area contributed by atoms with Gasteiger partial charge in [0.2, 0.25) is 0 Å². The largest absolute Gasteiger partial charge is 0.355 e. The molecule has 1 heterocycles. The molecule has 0 aliphatic carbocycles. The number of rotatable bonds is 3. The lowest BCUT2D eigenvalue weighted by Crippen LogP contribution is -2.19. The topological polar surface area (TPSA) is 29.0 Å². The van der Waals surface area contributed by atoms with Gasteiger partial charge in [0.1, 0.15) is 17.3 Å². The van der Waals surface area contributed by atoms with Crippen molar-refractivity contribution in [3.63, 3.8) is 0 Å². The third-order valence-corrected chi connectivity index (χ3v) is 3.32. The summed E-state index contributed by atoms with van der Waals surface area (Å²) in [5.74, 6) is 0.838. The van der Waals surface area contributed by atoms with Crippen molar-refractivity contribution in [1.82, 2.24) is 9.97 Å². The lowest BCUT2D eigenvalue weighted by atomic mass is 10.2. The van der Waals surface area contributed by atoms with E-state index in [-0.39, 0.29) is 0 Å². The van der Waals surface area contributed by atoms with Gasteiger partial charge in [-0.2, -0.15) is 0 Å². The monoisotopic (exact) mass is 281 g/mol. The smallest absolute Gasteiger partial charge is 0.137 e. The van der Waals surface area contributed by atoms with E-state index in [1.807, 2.05) is 43.1 Å². The number of halogens is 2. The van der Waals surface area contributed by atoms with Crippen LogP contribution in [0.25, 0.3) is 0 Å². The average Bonchev–Trinajstić information content (AvgIpc) is 2.35. The van der Waals surface area contributed by atoms with Crippen LogP contribution in [0.2, 0.25) is 10.2 Å². The fourth-order valence-electron chi connectivity index (χ4n) is 1.74. The molecule has 0 unspecified atom stereocenters. The van der Waals surface area contributed by atoms with Crippen LogP contribution in [0.5, 0.6) is 0 Å². The van der Waals surface area contributed by atoms with E-state index in [1.165, 1.54) is 6.33 Å². The van der Waals surface area contributed by atoms with Crippen LogP contribution in [0.3, 0.4) is 0 Å². The highest BCUT2D eigenvalue weighted by Gasteiger charge is 2.10. The van der Waals surface area contributed by atoms with E-state index in [4.69, 9.17) is 23.2 Å². The van der Waals surface area contributed by atoms with Gasteiger partial charge in [0, 0.05) is 24.2 Å². The number of hydrogen-bond donors (Lipinski definition) is 0. The van der Waals surface area contributed by atoms with Crippen LogP contribution in [-0.4, -0.2) is 17.0 Å². The van der Waals surface area contributed by atoms with Crippen molar-refractivity contribution >= 4 is 29.0 Å². The number of benzene rings is 1. The van der Waals surface area contributed by atoms with Crippen LogP contribution < -0.4 is 4.90 Å². The summed E-state index contributed by atoms with van der Waals surface area (Å²) in [6, 6.07) is 7.75. The van der Waals surface area contributed by atoms with E-state index in [0.29, 0.717) is 5.15 Å². The SMILES string of the molecule is Cc1c(Cl)ncnc1N(C)Cc1ccc(Cl)cc1. The van der Waals surface area contributed by atoms with Crippen molar-refractivity contribution in [3.8, 4) is 0 Å². The zero-order valence-electron chi connectivity index (χ0n) is 10.2. The van der Waals surface area contributed by atoms with Gasteiger partial charge in [-0.25, -0.2) is 9.97 Å². The van der Waals surface area contributed by atoms with Crippen molar-refractivity contribution < 1.29 is 0 Å². The van der Waals surface area contributed by atoms with Gasteiger partial charge < -0.3 is 4.90 Å². The van der Waals surface area contributed by atoms with Crippen LogP contribution in [0.4, 0.5) is 5.82 Å². The van der Waals surface area contributed by atoms with E-state index in [2.05, 4.69) is 9.97 Å². The number of hydrogen-bond acceptors (Lipinski definition) is 3. The van der Waals surface area contributed by atoms with Gasteiger partial charge in [0.15, 0.2) is 0 Å². The predicted molar refractivity (Wildman–Crippen MR) is 75.3 cm³/mol. The molecule has 0 fully saturated rings. The summed E-state index contributed by atoms with van der Waals surface area (Å²) in [5.41, 5.74) is 2.05. The highest BCUT2D eigenvalue weighted by molar-refractivity contribution is 6.30. The number of nitrogens with zero attached hydrogens (tertiary/aromatic N) is 3. The maximum atomic E-state index is 5.99. The second kappa shape index (κ2) is 5.55. The van der Waals surface area contributed by atoms with Crippen LogP contribution in [0.1, 0.15) is 11.1 Å². The van der Waals surface area contributed by atoms with Crippen molar-refractivity contribution in [3.05, 3.63) is 51.9 Å². The number of anilines is 1. The zero-order chi connectivity index (χ0) is 13.1. The molecule has 0 aliphatic rings. The first-order chi connectivity index (χ1) is 8.58. The van der Waals surface area contributed by atoms with Gasteiger partial charge >= 0.3 is 0 Å². The molecule has 0 N–H and O–H groups in total. The Morgan fingerprint density at radius 3 is 2.44 bits per heavy atom. The first kappa shape index (κ1) is 13.1. The molecule has 94 valence electrons. The van der Waals surface area contributed by atoms with E-state index >= 15 is 0 Å². The number of aromatic nitrogens is 2. The Labute approximate surface area is 116 Å². The Hall–Kier alpha value is -1.32. The van der Waals surface area contributed by atoms with Crippen LogP contribution in [-0.2, 0) is 6.54 Å². The first-order valence-electron chi connectivity index (χ1n) is 5.50. The summed E-state index contributed by atoms with van der Waals surface area (Å²) in [4.78, 5) is 10.2. The summed E-state index contributed by atoms with van der Waals surface area (Å²) in [6.07, 6.45) is 1.48. The Balaban J connectivity index is 2.19. The molecule has 0 bridgehead atoms. The molecule has 1 aromatic heterocycles. The van der Waals surface area contributed by atoms with Crippen molar-refractivity contribution in [2.24, 2.45) is 0 Å². The molecular weight excluding hydrogens is 269 g/mol. The molecule has 0 amide bonds. The average molecular weight is 282 g/mol. The Bertz CT molecular complexity index is 540. The molecule has 2 rings (SSSR count). The van der Waals surface area contributed by atoms with Crippen molar-refractivity contribution in [1.29, 1.82) is 0 Å². The van der Waals surface area contributed by atoms with Crippen LogP contribution in [0.15, 0.2) is 30.6 Å². The van der Waals surface area contributed by atoms with Gasteiger partial charge in [-0.15, -0.1) is 0 Å². The van der Waals surface area contributed by atoms with Gasteiger partial charge in [-0.1, -0.05) is 35.3 Å². The summed E-state index contributed by atoms with van der Waals surface area (Å²) in [5, 5.41) is 1.23. The molecule has 0 spiro atoms. The summed E-state index contributed by atoms with van der Waals surface area (Å²) >= 11 is 11.8. The van der Waals surface area contributed by atoms with Gasteiger partial charge in [0.05, 0.1) is 0 Å². The second-order valence-electron chi connectivity index (χ2n) is 4.10. The Morgan fingerprint density at radius 2 is 1.78 bits per heavy atom. The van der Waals surface area contributed by atoms with Crippen LogP contribution in [0, 0.1) is 6.92 Å². The molecular formula is C13H13Cl2N3. The summed E-state index contributed by atoms with van der Waals surface area (Å²) in [6.45, 7) is 2.65. The molecule has 5 heteroatoms. The highest BCUT2D eigenvalue weighted by Crippen LogP contribution is 2.22. The fraction of sp³-hybridized carbons (Fsp3) is 0.231. The van der Waals surface area contributed by atoms with E-state index in [0.717, 1.165) is 28.5 Å². The van der Waals surface area contributed by atoms with E-state index < -0.39 is 0 Å². The van der Waals surface area contributed by atoms with E-state index in [9.17, 15) is 0 Å². The summed E-state index contributed by atoms with van der Waals surface area (Å²) in [7, 11) is 1.97. The predicted octanol–water partition coefficient (Wildman–Crippen LogP) is 3.73. The molecule has 1 aromatic carbocycles.